The van der Waals surface area contributed by atoms with Gasteiger partial charge in [-0.25, -0.2) is 18.7 Å². The van der Waals surface area contributed by atoms with Crippen LogP contribution in [0.2, 0.25) is 0 Å². The Balaban J connectivity index is 3.13. The number of nitrogen functional groups attached to an aromatic ring is 1. The van der Waals surface area contributed by atoms with Crippen LogP contribution < -0.4 is 11.5 Å². The van der Waals surface area contributed by atoms with Crippen molar-refractivity contribution >= 4 is 11.7 Å². The Morgan fingerprint density at radius 2 is 2.15 bits per heavy atom. The lowest BCUT2D eigenvalue weighted by Crippen LogP contribution is -2.17. The number of amides is 1. The van der Waals surface area contributed by atoms with Gasteiger partial charge in [-0.1, -0.05) is 0 Å². The number of primary amides is 1. The average Bonchev–Trinajstić information content (AvgIpc) is 2.03. The predicted octanol–water partition coefficient (Wildman–Crippen LogP) is 0.0953. The zero-order chi connectivity index (χ0) is 10.0. The zero-order valence-corrected chi connectivity index (χ0v) is 6.37. The number of anilines is 1. The Kier molecular flexibility index (Phi) is 2.36. The lowest BCUT2D eigenvalue weighted by molar-refractivity contribution is 0.0995. The molecule has 0 aliphatic heterocycles. The molecule has 1 aromatic rings. The van der Waals surface area contributed by atoms with E-state index < -0.39 is 18.0 Å². The van der Waals surface area contributed by atoms with Crippen LogP contribution in [0.25, 0.3) is 0 Å². The molecule has 0 bridgehead atoms. The molecule has 4 N–H and O–H groups in total. The number of nitrogens with zero attached hydrogens (tertiary/aromatic N) is 2. The van der Waals surface area contributed by atoms with Crippen LogP contribution in [0.15, 0.2) is 6.20 Å². The van der Waals surface area contributed by atoms with Gasteiger partial charge in [0.1, 0.15) is 5.69 Å². The van der Waals surface area contributed by atoms with Crippen molar-refractivity contribution in [3.05, 3.63) is 17.6 Å². The quantitative estimate of drug-likeness (QED) is 0.687. The maximum absolute atomic E-state index is 12.0. The summed E-state index contributed by atoms with van der Waals surface area (Å²) in [5.41, 5.74) is 9.10. The monoisotopic (exact) mass is 188 g/mol. The summed E-state index contributed by atoms with van der Waals surface area (Å²) in [4.78, 5) is 17.2. The van der Waals surface area contributed by atoms with Crippen LogP contribution in [0.5, 0.6) is 0 Å². The number of carbonyl (C=O) groups is 1. The molecule has 0 saturated heterocycles. The Morgan fingerprint density at radius 1 is 1.54 bits per heavy atom. The molecule has 0 aromatic carbocycles. The maximum atomic E-state index is 12.0. The molecule has 1 amide bonds. The molecule has 1 rings (SSSR count). The third-order valence-corrected chi connectivity index (χ3v) is 1.28. The fraction of sp³-hybridized carbons (Fsp3) is 0.167. The second-order valence-electron chi connectivity index (χ2n) is 2.19. The fourth-order valence-electron chi connectivity index (χ4n) is 0.713. The maximum Gasteiger partial charge on any atom is 0.281 e. The molecule has 0 radical (unpaired) electrons. The van der Waals surface area contributed by atoms with Gasteiger partial charge in [0.25, 0.3) is 12.3 Å². The standard InChI is InChI=1S/C6H6F2N4O/c7-4(8)2-1-11-3(6(10)13)5(9)12-2/h1,4H,(H2,9,12)(H2,10,13). The normalized spacial score (nSPS) is 10.4. The van der Waals surface area contributed by atoms with Crippen LogP contribution in [0.3, 0.4) is 0 Å². The molecule has 13 heavy (non-hydrogen) atoms. The van der Waals surface area contributed by atoms with Gasteiger partial charge in [0, 0.05) is 0 Å². The van der Waals surface area contributed by atoms with Crippen molar-refractivity contribution in [1.29, 1.82) is 0 Å². The van der Waals surface area contributed by atoms with Gasteiger partial charge in [0.15, 0.2) is 11.5 Å². The summed E-state index contributed by atoms with van der Waals surface area (Å²) in [7, 11) is 0. The molecular formula is C6H6F2N4O. The fourth-order valence-corrected chi connectivity index (χ4v) is 0.713. The molecule has 1 aromatic heterocycles. The molecule has 7 heteroatoms. The van der Waals surface area contributed by atoms with Gasteiger partial charge in [0.2, 0.25) is 0 Å². The van der Waals surface area contributed by atoms with Crippen molar-refractivity contribution < 1.29 is 13.6 Å². The van der Waals surface area contributed by atoms with Crippen LogP contribution >= 0.6 is 0 Å². The number of carbonyl (C=O) groups excluding carboxylic acids is 1. The average molecular weight is 188 g/mol. The first-order valence-corrected chi connectivity index (χ1v) is 3.22. The third-order valence-electron chi connectivity index (χ3n) is 1.28. The molecular weight excluding hydrogens is 182 g/mol. The van der Waals surface area contributed by atoms with Crippen molar-refractivity contribution in [2.75, 3.05) is 5.73 Å². The molecule has 5 nitrogen and oxygen atoms in total. The summed E-state index contributed by atoms with van der Waals surface area (Å²) in [6.07, 6.45) is -2.00. The summed E-state index contributed by atoms with van der Waals surface area (Å²) in [6.45, 7) is 0. The van der Waals surface area contributed by atoms with Gasteiger partial charge < -0.3 is 11.5 Å². The highest BCUT2D eigenvalue weighted by Crippen LogP contribution is 2.17. The van der Waals surface area contributed by atoms with E-state index in [-0.39, 0.29) is 11.5 Å². The Morgan fingerprint density at radius 3 is 2.54 bits per heavy atom. The molecule has 0 unspecified atom stereocenters. The van der Waals surface area contributed by atoms with E-state index in [9.17, 15) is 13.6 Å². The number of nitrogens with two attached hydrogens (primary N) is 2. The number of halogens is 2. The number of hydrogen-bond donors (Lipinski definition) is 2. The SMILES string of the molecule is NC(=O)c1ncc(C(F)F)nc1N. The molecule has 1 heterocycles. The van der Waals surface area contributed by atoms with E-state index in [1.807, 2.05) is 0 Å². The van der Waals surface area contributed by atoms with Crippen LogP contribution in [0.1, 0.15) is 22.6 Å². The first kappa shape index (κ1) is 9.30. The Labute approximate surface area is 71.8 Å². The van der Waals surface area contributed by atoms with Crippen LogP contribution in [0.4, 0.5) is 14.6 Å². The lowest BCUT2D eigenvalue weighted by Gasteiger charge is -2.02. The van der Waals surface area contributed by atoms with Crippen molar-refractivity contribution in [3.8, 4) is 0 Å². The lowest BCUT2D eigenvalue weighted by atomic mass is 10.3. The Hall–Kier alpha value is -1.79. The largest absolute Gasteiger partial charge is 0.382 e. The number of alkyl halides is 2. The summed E-state index contributed by atoms with van der Waals surface area (Å²) < 4.78 is 24.0. The smallest absolute Gasteiger partial charge is 0.281 e. The second-order valence-corrected chi connectivity index (χ2v) is 2.19. The van der Waals surface area contributed by atoms with Gasteiger partial charge in [-0.15, -0.1) is 0 Å². The summed E-state index contributed by atoms with van der Waals surface area (Å²) in [5.74, 6) is -1.28. The highest BCUT2D eigenvalue weighted by molar-refractivity contribution is 5.94. The number of hydrogen-bond acceptors (Lipinski definition) is 4. The van der Waals surface area contributed by atoms with E-state index in [1.165, 1.54) is 0 Å². The highest BCUT2D eigenvalue weighted by atomic mass is 19.3. The van der Waals surface area contributed by atoms with Crippen LogP contribution in [-0.2, 0) is 0 Å². The molecule has 0 aliphatic carbocycles. The summed E-state index contributed by atoms with van der Waals surface area (Å²) in [5, 5.41) is 0. The number of rotatable bonds is 2. The van der Waals surface area contributed by atoms with E-state index in [1.54, 1.807) is 0 Å². The van der Waals surface area contributed by atoms with E-state index in [4.69, 9.17) is 11.5 Å². The van der Waals surface area contributed by atoms with Crippen LogP contribution in [-0.4, -0.2) is 15.9 Å². The zero-order valence-electron chi connectivity index (χ0n) is 6.37. The minimum atomic E-state index is -2.77. The van der Waals surface area contributed by atoms with E-state index in [0.29, 0.717) is 0 Å². The van der Waals surface area contributed by atoms with Crippen molar-refractivity contribution in [1.82, 2.24) is 9.97 Å². The van der Waals surface area contributed by atoms with Crippen molar-refractivity contribution in [3.63, 3.8) is 0 Å². The predicted molar refractivity (Wildman–Crippen MR) is 39.9 cm³/mol. The minimum Gasteiger partial charge on any atom is -0.382 e. The topological polar surface area (TPSA) is 94.9 Å². The molecule has 0 spiro atoms. The third kappa shape index (κ3) is 1.86. The van der Waals surface area contributed by atoms with E-state index >= 15 is 0 Å². The summed E-state index contributed by atoms with van der Waals surface area (Å²) in [6, 6.07) is 0. The van der Waals surface area contributed by atoms with E-state index in [0.717, 1.165) is 6.20 Å². The molecule has 0 aliphatic rings. The Bertz CT molecular complexity index is 341. The number of aromatic nitrogens is 2. The highest BCUT2D eigenvalue weighted by Gasteiger charge is 2.14. The molecule has 70 valence electrons. The molecule has 0 fully saturated rings. The van der Waals surface area contributed by atoms with Crippen molar-refractivity contribution in [2.45, 2.75) is 6.43 Å². The molecule has 0 atom stereocenters. The minimum absolute atomic E-state index is 0.301. The van der Waals surface area contributed by atoms with Gasteiger partial charge in [-0.3, -0.25) is 4.79 Å². The molecule has 0 saturated carbocycles. The second kappa shape index (κ2) is 3.30. The van der Waals surface area contributed by atoms with E-state index in [2.05, 4.69) is 9.97 Å². The van der Waals surface area contributed by atoms with Gasteiger partial charge in [-0.2, -0.15) is 0 Å². The van der Waals surface area contributed by atoms with Gasteiger partial charge in [0.05, 0.1) is 6.20 Å². The first-order chi connectivity index (χ1) is 6.02. The van der Waals surface area contributed by atoms with Crippen molar-refractivity contribution in [2.24, 2.45) is 5.73 Å². The summed E-state index contributed by atoms with van der Waals surface area (Å²) >= 11 is 0. The van der Waals surface area contributed by atoms with Crippen LogP contribution in [0, 0.1) is 0 Å². The van der Waals surface area contributed by atoms with Gasteiger partial charge >= 0.3 is 0 Å². The van der Waals surface area contributed by atoms with Gasteiger partial charge in [-0.05, 0) is 0 Å². The first-order valence-electron chi connectivity index (χ1n) is 3.22.